The van der Waals surface area contributed by atoms with Gasteiger partial charge in [0.25, 0.3) is 5.91 Å². The summed E-state index contributed by atoms with van der Waals surface area (Å²) in [5.74, 6) is -0.432. The molecule has 0 spiro atoms. The van der Waals surface area contributed by atoms with Crippen LogP contribution in [0.2, 0.25) is 0 Å². The zero-order valence-corrected chi connectivity index (χ0v) is 15.8. The molecule has 2 N–H and O–H groups in total. The highest BCUT2D eigenvalue weighted by Crippen LogP contribution is 2.20. The molecule has 2 rings (SSSR count). The van der Waals surface area contributed by atoms with E-state index in [9.17, 15) is 9.59 Å². The molecule has 0 aliphatic rings. The molecule has 0 saturated heterocycles. The second-order valence-corrected chi connectivity index (χ2v) is 7.23. The smallest absolute Gasteiger partial charge is 0.287 e. The van der Waals surface area contributed by atoms with Gasteiger partial charge in [-0.15, -0.1) is 0 Å². The number of furan rings is 1. The largest absolute Gasteiger partial charge is 0.459 e. The first kappa shape index (κ1) is 19.2. The van der Waals surface area contributed by atoms with Gasteiger partial charge in [0.05, 0.1) is 12.3 Å². The third-order valence-electron chi connectivity index (χ3n) is 4.00. The molecular weight excluding hydrogens is 338 g/mol. The Bertz CT molecular complexity index is 666. The van der Waals surface area contributed by atoms with E-state index in [0.29, 0.717) is 6.54 Å². The van der Waals surface area contributed by atoms with Crippen LogP contribution in [0.25, 0.3) is 0 Å². The number of hydrogen-bond acceptors (Lipinski definition) is 5. The molecule has 0 radical (unpaired) electrons. The van der Waals surface area contributed by atoms with Crippen molar-refractivity contribution >= 4 is 23.2 Å². The molecule has 6 nitrogen and oxygen atoms in total. The third-order valence-corrected chi connectivity index (χ3v) is 4.70. The average Bonchev–Trinajstić information content (AvgIpc) is 3.25. The molecule has 2 aromatic heterocycles. The molecule has 25 heavy (non-hydrogen) atoms. The summed E-state index contributed by atoms with van der Waals surface area (Å²) in [5.41, 5.74) is 1.16. The molecule has 0 bridgehead atoms. The predicted molar refractivity (Wildman–Crippen MR) is 98.6 cm³/mol. The van der Waals surface area contributed by atoms with Gasteiger partial charge in [0, 0.05) is 6.54 Å². The summed E-state index contributed by atoms with van der Waals surface area (Å²) >= 11 is 1.63. The summed E-state index contributed by atoms with van der Waals surface area (Å²) in [6.45, 7) is 4.27. The van der Waals surface area contributed by atoms with Crippen LogP contribution < -0.4 is 10.6 Å². The first-order valence-electron chi connectivity index (χ1n) is 8.20. The molecule has 7 heteroatoms. The Hall–Kier alpha value is -2.12. The molecule has 0 aromatic carbocycles. The lowest BCUT2D eigenvalue weighted by Gasteiger charge is -2.26. The highest BCUT2D eigenvalue weighted by Gasteiger charge is 2.26. The van der Waals surface area contributed by atoms with Crippen LogP contribution in [-0.4, -0.2) is 43.4 Å². The van der Waals surface area contributed by atoms with Crippen molar-refractivity contribution in [3.63, 3.8) is 0 Å². The van der Waals surface area contributed by atoms with Crippen LogP contribution in [0.5, 0.6) is 0 Å². The van der Waals surface area contributed by atoms with Crippen LogP contribution in [0.15, 0.2) is 39.6 Å². The highest BCUT2D eigenvalue weighted by atomic mass is 32.1. The average molecular weight is 363 g/mol. The van der Waals surface area contributed by atoms with Crippen LogP contribution in [0.4, 0.5) is 0 Å². The Morgan fingerprint density at radius 1 is 1.28 bits per heavy atom. The van der Waals surface area contributed by atoms with E-state index < -0.39 is 6.04 Å². The number of carbonyl (C=O) groups is 2. The zero-order valence-electron chi connectivity index (χ0n) is 15.0. The number of rotatable bonds is 8. The predicted octanol–water partition coefficient (Wildman–Crippen LogP) is 2.51. The van der Waals surface area contributed by atoms with Crippen molar-refractivity contribution in [2.24, 2.45) is 5.92 Å². The van der Waals surface area contributed by atoms with E-state index in [0.717, 1.165) is 5.56 Å². The number of nitrogens with zero attached hydrogens (tertiary/aromatic N) is 1. The number of nitrogens with one attached hydrogen (secondary N) is 2. The van der Waals surface area contributed by atoms with E-state index in [1.165, 1.54) is 6.26 Å². The molecule has 2 heterocycles. The fourth-order valence-electron chi connectivity index (χ4n) is 2.53. The van der Waals surface area contributed by atoms with Gasteiger partial charge in [-0.3, -0.25) is 9.59 Å². The van der Waals surface area contributed by atoms with E-state index in [1.54, 1.807) is 23.5 Å². The Morgan fingerprint density at radius 2 is 2.04 bits per heavy atom. The summed E-state index contributed by atoms with van der Waals surface area (Å²) in [6, 6.07) is 4.73. The molecule has 0 unspecified atom stereocenters. The first-order valence-corrected chi connectivity index (χ1v) is 9.15. The van der Waals surface area contributed by atoms with Crippen molar-refractivity contribution in [1.82, 2.24) is 15.5 Å². The van der Waals surface area contributed by atoms with Gasteiger partial charge >= 0.3 is 0 Å². The number of carbonyl (C=O) groups excluding carboxylic acids is 2. The van der Waals surface area contributed by atoms with Crippen molar-refractivity contribution in [1.29, 1.82) is 0 Å². The molecule has 0 fully saturated rings. The molecular formula is C18H25N3O3S. The summed E-state index contributed by atoms with van der Waals surface area (Å²) in [6.07, 6.45) is 1.43. The topological polar surface area (TPSA) is 74.6 Å². The molecule has 2 atom stereocenters. The maximum atomic E-state index is 12.6. The van der Waals surface area contributed by atoms with Crippen LogP contribution >= 0.6 is 11.3 Å². The van der Waals surface area contributed by atoms with E-state index in [1.807, 2.05) is 33.3 Å². The minimum atomic E-state index is -0.622. The monoisotopic (exact) mass is 363 g/mol. The van der Waals surface area contributed by atoms with Crippen molar-refractivity contribution in [3.8, 4) is 0 Å². The lowest BCUT2D eigenvalue weighted by Crippen LogP contribution is -2.50. The van der Waals surface area contributed by atoms with E-state index >= 15 is 0 Å². The van der Waals surface area contributed by atoms with Gasteiger partial charge in [0.15, 0.2) is 5.76 Å². The van der Waals surface area contributed by atoms with Crippen LogP contribution in [0.3, 0.4) is 0 Å². The van der Waals surface area contributed by atoms with Gasteiger partial charge in [0.2, 0.25) is 5.91 Å². The fourth-order valence-corrected chi connectivity index (χ4v) is 3.23. The minimum Gasteiger partial charge on any atom is -0.459 e. The van der Waals surface area contributed by atoms with Gasteiger partial charge in [-0.2, -0.15) is 11.3 Å². The van der Waals surface area contributed by atoms with Gasteiger partial charge in [-0.25, -0.2) is 0 Å². The molecule has 0 saturated carbocycles. The number of thiophene rings is 1. The van der Waals surface area contributed by atoms with Crippen molar-refractivity contribution in [3.05, 3.63) is 46.5 Å². The second-order valence-electron chi connectivity index (χ2n) is 6.45. The van der Waals surface area contributed by atoms with E-state index in [2.05, 4.69) is 27.0 Å². The van der Waals surface area contributed by atoms with Crippen LogP contribution in [0, 0.1) is 5.92 Å². The second kappa shape index (κ2) is 8.82. The molecule has 0 aliphatic carbocycles. The normalized spacial score (nSPS) is 13.7. The van der Waals surface area contributed by atoms with Crippen molar-refractivity contribution in [2.75, 3.05) is 20.6 Å². The van der Waals surface area contributed by atoms with Crippen LogP contribution in [-0.2, 0) is 4.79 Å². The number of hydrogen-bond donors (Lipinski definition) is 2. The Balaban J connectivity index is 1.99. The molecule has 2 aromatic rings. The van der Waals surface area contributed by atoms with Crippen molar-refractivity contribution in [2.45, 2.75) is 25.9 Å². The third kappa shape index (κ3) is 5.17. The number of amides is 2. The minimum absolute atomic E-state index is 0.0436. The highest BCUT2D eigenvalue weighted by molar-refractivity contribution is 7.07. The Labute approximate surface area is 152 Å². The SMILES string of the molecule is CC(C)[C@H](NC(=O)c1ccco1)C(=O)NC[C@H](c1ccsc1)N(C)C. The quantitative estimate of drug-likeness (QED) is 0.756. The van der Waals surface area contributed by atoms with Gasteiger partial charge in [-0.1, -0.05) is 13.8 Å². The summed E-state index contributed by atoms with van der Waals surface area (Å²) in [4.78, 5) is 26.8. The standard InChI is InChI=1S/C18H25N3O3S/c1-12(2)16(20-17(22)15-6-5-8-24-15)18(23)19-10-14(21(3)4)13-7-9-25-11-13/h5-9,11-12,14,16H,10H2,1-4H3,(H,19,23)(H,20,22)/t14-,16+/m1/s1. The molecule has 136 valence electrons. The fraction of sp³-hybridized carbons (Fsp3) is 0.444. The first-order chi connectivity index (χ1) is 11.9. The van der Waals surface area contributed by atoms with Gasteiger partial charge < -0.3 is 20.0 Å². The Morgan fingerprint density at radius 3 is 2.56 bits per heavy atom. The van der Waals surface area contributed by atoms with E-state index in [-0.39, 0.29) is 29.5 Å². The van der Waals surface area contributed by atoms with E-state index in [4.69, 9.17) is 4.42 Å². The summed E-state index contributed by atoms with van der Waals surface area (Å²) < 4.78 is 5.09. The summed E-state index contributed by atoms with van der Waals surface area (Å²) in [7, 11) is 3.96. The zero-order chi connectivity index (χ0) is 18.4. The van der Waals surface area contributed by atoms with Crippen molar-refractivity contribution < 1.29 is 14.0 Å². The maximum Gasteiger partial charge on any atom is 0.287 e. The molecule has 2 amide bonds. The number of likely N-dealkylation sites (N-methyl/N-ethyl adjacent to an activating group) is 1. The van der Waals surface area contributed by atoms with Crippen LogP contribution in [0.1, 0.15) is 36.0 Å². The summed E-state index contributed by atoms with van der Waals surface area (Å²) in [5, 5.41) is 9.81. The van der Waals surface area contributed by atoms with Gasteiger partial charge in [0.1, 0.15) is 6.04 Å². The maximum absolute atomic E-state index is 12.6. The molecule has 0 aliphatic heterocycles. The van der Waals surface area contributed by atoms with Gasteiger partial charge in [-0.05, 0) is 54.5 Å². The lowest BCUT2D eigenvalue weighted by molar-refractivity contribution is -0.124. The Kier molecular flexibility index (Phi) is 6.78. The lowest BCUT2D eigenvalue weighted by atomic mass is 10.0.